The van der Waals surface area contributed by atoms with E-state index >= 15 is 0 Å². The Kier molecular flexibility index (Phi) is 5.02. The molecule has 0 bridgehead atoms. The predicted molar refractivity (Wildman–Crippen MR) is 76.6 cm³/mol. The summed E-state index contributed by atoms with van der Waals surface area (Å²) in [5, 5.41) is 29.4. The van der Waals surface area contributed by atoms with Crippen LogP contribution in [-0.4, -0.2) is 41.5 Å². The predicted octanol–water partition coefficient (Wildman–Crippen LogP) is 0.491. The maximum Gasteiger partial charge on any atom is 0.307 e. The highest BCUT2D eigenvalue weighted by atomic mass is 16.6. The fraction of sp³-hybridized carbons (Fsp3) is 0.333. The molecule has 2 aromatic rings. The standard InChI is InChI=1S/C12H14N6O5/c19-11(8-17-7-10(5-14-17)18(22)23)15-9-4-13-16(6-9)3-1-2-12(20)21/h4-7H,1-3,8H2,(H,15,19)(H,20,21). The van der Waals surface area contributed by atoms with Gasteiger partial charge < -0.3 is 10.4 Å². The number of hydrogen-bond acceptors (Lipinski definition) is 6. The van der Waals surface area contributed by atoms with Gasteiger partial charge in [0.05, 0.1) is 16.8 Å². The van der Waals surface area contributed by atoms with Crippen LogP contribution in [0.4, 0.5) is 11.4 Å². The number of hydrogen-bond donors (Lipinski definition) is 2. The van der Waals surface area contributed by atoms with Crippen LogP contribution in [0.2, 0.25) is 0 Å². The van der Waals surface area contributed by atoms with Gasteiger partial charge in [-0.2, -0.15) is 10.2 Å². The van der Waals surface area contributed by atoms with E-state index in [1.165, 1.54) is 10.9 Å². The molecular weight excluding hydrogens is 308 g/mol. The Hall–Kier alpha value is -3.24. The molecule has 0 saturated carbocycles. The van der Waals surface area contributed by atoms with Crippen molar-refractivity contribution in [3.63, 3.8) is 0 Å². The van der Waals surface area contributed by atoms with E-state index in [-0.39, 0.29) is 18.7 Å². The molecule has 0 spiro atoms. The van der Waals surface area contributed by atoms with Gasteiger partial charge in [0.15, 0.2) is 0 Å². The number of carboxylic acids is 1. The van der Waals surface area contributed by atoms with Gasteiger partial charge in [0.1, 0.15) is 18.9 Å². The van der Waals surface area contributed by atoms with Crippen LogP contribution in [0.5, 0.6) is 0 Å². The number of aryl methyl sites for hydroxylation is 1. The first-order valence-electron chi connectivity index (χ1n) is 6.65. The third-order valence-corrected chi connectivity index (χ3v) is 2.83. The van der Waals surface area contributed by atoms with Crippen LogP contribution in [0.25, 0.3) is 0 Å². The average molecular weight is 322 g/mol. The summed E-state index contributed by atoms with van der Waals surface area (Å²) in [6, 6.07) is 0. The van der Waals surface area contributed by atoms with E-state index < -0.39 is 16.8 Å². The summed E-state index contributed by atoms with van der Waals surface area (Å²) in [6.45, 7) is 0.256. The zero-order valence-electron chi connectivity index (χ0n) is 12.0. The molecule has 0 fully saturated rings. The number of aliphatic carboxylic acids is 1. The number of nitro groups is 1. The molecule has 2 heterocycles. The largest absolute Gasteiger partial charge is 0.481 e. The van der Waals surface area contributed by atoms with Crippen molar-refractivity contribution in [2.24, 2.45) is 0 Å². The molecule has 0 aromatic carbocycles. The van der Waals surface area contributed by atoms with Crippen molar-refractivity contribution in [1.82, 2.24) is 19.6 Å². The zero-order valence-corrected chi connectivity index (χ0v) is 12.0. The lowest BCUT2D eigenvalue weighted by Crippen LogP contribution is -2.18. The Bertz CT molecular complexity index is 721. The second kappa shape index (κ2) is 7.15. The maximum atomic E-state index is 11.8. The molecule has 0 saturated heterocycles. The summed E-state index contributed by atoms with van der Waals surface area (Å²) in [7, 11) is 0. The van der Waals surface area contributed by atoms with Gasteiger partial charge in [0, 0.05) is 19.2 Å². The molecule has 0 atom stereocenters. The van der Waals surface area contributed by atoms with Crippen LogP contribution in [0, 0.1) is 10.1 Å². The SMILES string of the molecule is O=C(O)CCCn1cc(NC(=O)Cn2cc([N+](=O)[O-])cn2)cn1. The number of carboxylic acid groups (broad SMARTS) is 1. The molecule has 2 rings (SSSR count). The molecule has 23 heavy (non-hydrogen) atoms. The van der Waals surface area contributed by atoms with E-state index in [0.29, 0.717) is 18.7 Å². The molecule has 2 N–H and O–H groups in total. The van der Waals surface area contributed by atoms with Crippen molar-refractivity contribution >= 4 is 23.3 Å². The van der Waals surface area contributed by atoms with Gasteiger partial charge in [0.2, 0.25) is 5.91 Å². The first kappa shape index (κ1) is 16.1. The van der Waals surface area contributed by atoms with Gasteiger partial charge in [-0.05, 0) is 6.42 Å². The summed E-state index contributed by atoms with van der Waals surface area (Å²) in [4.78, 5) is 32.2. The van der Waals surface area contributed by atoms with E-state index in [0.717, 1.165) is 17.1 Å². The van der Waals surface area contributed by atoms with Crippen molar-refractivity contribution in [3.8, 4) is 0 Å². The minimum Gasteiger partial charge on any atom is -0.481 e. The van der Waals surface area contributed by atoms with Crippen molar-refractivity contribution in [3.05, 3.63) is 34.9 Å². The third kappa shape index (κ3) is 4.91. The van der Waals surface area contributed by atoms with E-state index in [1.54, 1.807) is 6.20 Å². The van der Waals surface area contributed by atoms with Gasteiger partial charge in [0.25, 0.3) is 0 Å². The number of nitrogens with one attached hydrogen (secondary N) is 1. The molecule has 0 aliphatic rings. The Morgan fingerprint density at radius 1 is 1.26 bits per heavy atom. The highest BCUT2D eigenvalue weighted by Crippen LogP contribution is 2.09. The monoisotopic (exact) mass is 322 g/mol. The summed E-state index contributed by atoms with van der Waals surface area (Å²) in [5.41, 5.74) is 0.260. The van der Waals surface area contributed by atoms with E-state index in [1.807, 2.05) is 0 Å². The maximum absolute atomic E-state index is 11.8. The second-order valence-corrected chi connectivity index (χ2v) is 4.69. The fourth-order valence-electron chi connectivity index (χ4n) is 1.82. The molecule has 0 aliphatic carbocycles. The third-order valence-electron chi connectivity index (χ3n) is 2.83. The van der Waals surface area contributed by atoms with E-state index in [2.05, 4.69) is 15.5 Å². The Morgan fingerprint density at radius 2 is 2.00 bits per heavy atom. The van der Waals surface area contributed by atoms with E-state index in [4.69, 9.17) is 5.11 Å². The Labute approximate surface area is 129 Å². The number of amides is 1. The molecule has 0 aliphatic heterocycles. The number of nitrogens with zero attached hydrogens (tertiary/aromatic N) is 5. The number of aromatic nitrogens is 4. The van der Waals surface area contributed by atoms with Crippen LogP contribution in [0.1, 0.15) is 12.8 Å². The second-order valence-electron chi connectivity index (χ2n) is 4.69. The van der Waals surface area contributed by atoms with Crippen molar-refractivity contribution in [2.45, 2.75) is 25.9 Å². The Morgan fingerprint density at radius 3 is 2.65 bits per heavy atom. The van der Waals surface area contributed by atoms with E-state index in [9.17, 15) is 19.7 Å². The highest BCUT2D eigenvalue weighted by Gasteiger charge is 2.12. The minimum atomic E-state index is -0.876. The first-order chi connectivity index (χ1) is 10.9. The molecule has 122 valence electrons. The normalized spacial score (nSPS) is 10.4. The van der Waals surface area contributed by atoms with Crippen molar-refractivity contribution < 1.29 is 19.6 Å². The first-order valence-corrected chi connectivity index (χ1v) is 6.65. The van der Waals surface area contributed by atoms with Crippen LogP contribution >= 0.6 is 0 Å². The molecular formula is C12H14N6O5. The minimum absolute atomic E-state index is 0.0413. The number of carbonyl (C=O) groups is 2. The molecule has 0 unspecified atom stereocenters. The number of rotatable bonds is 8. The summed E-state index contributed by atoms with van der Waals surface area (Å²) in [5.74, 6) is -1.29. The topological polar surface area (TPSA) is 145 Å². The number of anilines is 1. The van der Waals surface area contributed by atoms with Gasteiger partial charge >= 0.3 is 11.7 Å². The summed E-state index contributed by atoms with van der Waals surface area (Å²) < 4.78 is 2.68. The van der Waals surface area contributed by atoms with Crippen LogP contribution < -0.4 is 5.32 Å². The van der Waals surface area contributed by atoms with Gasteiger partial charge in [-0.25, -0.2) is 0 Å². The molecule has 1 amide bonds. The fourth-order valence-corrected chi connectivity index (χ4v) is 1.82. The van der Waals surface area contributed by atoms with Crippen molar-refractivity contribution in [1.29, 1.82) is 0 Å². The molecule has 2 aromatic heterocycles. The van der Waals surface area contributed by atoms with Crippen LogP contribution in [0.3, 0.4) is 0 Å². The quantitative estimate of drug-likeness (QED) is 0.531. The lowest BCUT2D eigenvalue weighted by atomic mass is 10.3. The van der Waals surface area contributed by atoms with Crippen LogP contribution in [-0.2, 0) is 22.7 Å². The van der Waals surface area contributed by atoms with Crippen molar-refractivity contribution in [2.75, 3.05) is 5.32 Å². The Balaban J connectivity index is 1.84. The van der Waals surface area contributed by atoms with Gasteiger partial charge in [-0.3, -0.25) is 29.1 Å². The van der Waals surface area contributed by atoms with Gasteiger partial charge in [-0.1, -0.05) is 0 Å². The zero-order chi connectivity index (χ0) is 16.8. The smallest absolute Gasteiger partial charge is 0.307 e. The average Bonchev–Trinajstić information content (AvgIpc) is 3.08. The summed E-state index contributed by atoms with van der Waals surface area (Å²) in [6.07, 6.45) is 5.71. The number of carbonyl (C=O) groups excluding carboxylic acids is 1. The molecule has 11 heteroatoms. The lowest BCUT2D eigenvalue weighted by molar-refractivity contribution is -0.385. The van der Waals surface area contributed by atoms with Gasteiger partial charge in [-0.15, -0.1) is 0 Å². The molecule has 11 nitrogen and oxygen atoms in total. The highest BCUT2D eigenvalue weighted by molar-refractivity contribution is 5.90. The van der Waals surface area contributed by atoms with Crippen LogP contribution in [0.15, 0.2) is 24.8 Å². The summed E-state index contributed by atoms with van der Waals surface area (Å²) >= 11 is 0. The lowest BCUT2D eigenvalue weighted by Gasteiger charge is -2.02. The molecule has 0 radical (unpaired) electrons.